The quantitative estimate of drug-likeness (QED) is 0.657. The second-order valence-corrected chi connectivity index (χ2v) is 6.26. The van der Waals surface area contributed by atoms with Crippen molar-refractivity contribution in [1.29, 1.82) is 0 Å². The molecule has 0 spiro atoms. The fourth-order valence-electron chi connectivity index (χ4n) is 2.75. The van der Waals surface area contributed by atoms with Gasteiger partial charge in [0.2, 0.25) is 5.75 Å². The van der Waals surface area contributed by atoms with Crippen LogP contribution in [-0.4, -0.2) is 33.4 Å². The molecular weight excluding hydrogens is 352 g/mol. The largest absolute Gasteiger partial charge is 0.495 e. The van der Waals surface area contributed by atoms with Crippen LogP contribution in [0.3, 0.4) is 0 Å². The van der Waals surface area contributed by atoms with Crippen molar-refractivity contribution in [2.45, 2.75) is 0 Å². The standard InChI is InChI=1S/C19H20N2O4S/c1-22-14-6-5-11(7-13(14)20)19-17(21-10-26-19)12-8-15(23-2)18(25-4)16(9-12)24-3/h5-10H,20H2,1-4H3. The predicted octanol–water partition coefficient (Wildman–Crippen LogP) is 4.09. The summed E-state index contributed by atoms with van der Waals surface area (Å²) in [7, 11) is 6.36. The molecule has 0 aliphatic rings. The van der Waals surface area contributed by atoms with Crippen molar-refractivity contribution in [3.63, 3.8) is 0 Å². The second kappa shape index (κ2) is 7.53. The van der Waals surface area contributed by atoms with Gasteiger partial charge in [-0.2, -0.15) is 0 Å². The molecule has 1 aromatic heterocycles. The zero-order valence-electron chi connectivity index (χ0n) is 15.0. The number of nitrogen functional groups attached to an aromatic ring is 1. The maximum Gasteiger partial charge on any atom is 0.203 e. The summed E-state index contributed by atoms with van der Waals surface area (Å²) >= 11 is 1.54. The van der Waals surface area contributed by atoms with Crippen LogP contribution in [-0.2, 0) is 0 Å². The molecule has 0 aliphatic carbocycles. The lowest BCUT2D eigenvalue weighted by Gasteiger charge is -2.14. The minimum atomic E-state index is 0.546. The number of aromatic nitrogens is 1. The maximum absolute atomic E-state index is 6.06. The van der Waals surface area contributed by atoms with E-state index in [-0.39, 0.29) is 0 Å². The van der Waals surface area contributed by atoms with Gasteiger partial charge < -0.3 is 24.7 Å². The first-order valence-electron chi connectivity index (χ1n) is 7.80. The Morgan fingerprint density at radius 2 is 1.46 bits per heavy atom. The van der Waals surface area contributed by atoms with E-state index in [2.05, 4.69) is 4.98 Å². The van der Waals surface area contributed by atoms with Crippen LogP contribution in [0.25, 0.3) is 21.7 Å². The molecule has 3 rings (SSSR count). The van der Waals surface area contributed by atoms with Crippen LogP contribution in [0.1, 0.15) is 0 Å². The first kappa shape index (κ1) is 17.9. The molecule has 0 amide bonds. The van der Waals surface area contributed by atoms with Crippen LogP contribution in [0.15, 0.2) is 35.8 Å². The number of thiazole rings is 1. The third-order valence-corrected chi connectivity index (χ3v) is 4.87. The average Bonchev–Trinajstić information content (AvgIpc) is 3.16. The Balaban J connectivity index is 2.13. The van der Waals surface area contributed by atoms with Gasteiger partial charge in [-0.05, 0) is 35.9 Å². The van der Waals surface area contributed by atoms with E-state index in [9.17, 15) is 0 Å². The summed E-state index contributed by atoms with van der Waals surface area (Å²) in [6.07, 6.45) is 0. The molecule has 0 saturated carbocycles. The third-order valence-electron chi connectivity index (χ3n) is 4.00. The molecule has 3 aromatic rings. The van der Waals surface area contributed by atoms with E-state index in [1.807, 2.05) is 30.3 Å². The summed E-state index contributed by atoms with van der Waals surface area (Å²) in [6, 6.07) is 9.46. The zero-order valence-corrected chi connectivity index (χ0v) is 15.8. The van der Waals surface area contributed by atoms with Crippen LogP contribution >= 0.6 is 11.3 Å². The van der Waals surface area contributed by atoms with E-state index in [4.69, 9.17) is 24.7 Å². The summed E-state index contributed by atoms with van der Waals surface area (Å²) in [5, 5.41) is 0. The van der Waals surface area contributed by atoms with Gasteiger partial charge in [-0.1, -0.05) is 0 Å². The number of ether oxygens (including phenoxy) is 4. The van der Waals surface area contributed by atoms with Gasteiger partial charge in [0.05, 0.1) is 50.2 Å². The number of rotatable bonds is 6. The fraction of sp³-hybridized carbons (Fsp3) is 0.211. The molecule has 26 heavy (non-hydrogen) atoms. The van der Waals surface area contributed by atoms with Crippen LogP contribution in [0.4, 0.5) is 5.69 Å². The molecule has 1 heterocycles. The molecule has 0 bridgehead atoms. The van der Waals surface area contributed by atoms with E-state index in [0.29, 0.717) is 28.7 Å². The van der Waals surface area contributed by atoms with Gasteiger partial charge in [0.1, 0.15) is 5.75 Å². The Morgan fingerprint density at radius 1 is 0.808 bits per heavy atom. The summed E-state index contributed by atoms with van der Waals surface area (Å²) in [5.74, 6) is 2.35. The molecule has 2 aromatic carbocycles. The molecule has 7 heteroatoms. The maximum atomic E-state index is 6.06. The number of anilines is 1. The van der Waals surface area contributed by atoms with Gasteiger partial charge in [-0.15, -0.1) is 11.3 Å². The van der Waals surface area contributed by atoms with Crippen LogP contribution in [0.5, 0.6) is 23.0 Å². The number of nitrogens with two attached hydrogens (primary N) is 1. The normalized spacial score (nSPS) is 10.5. The molecule has 0 atom stereocenters. The van der Waals surface area contributed by atoms with E-state index in [0.717, 1.165) is 21.7 Å². The highest BCUT2D eigenvalue weighted by atomic mass is 32.1. The van der Waals surface area contributed by atoms with E-state index in [1.54, 1.807) is 33.9 Å². The number of hydrogen-bond acceptors (Lipinski definition) is 7. The van der Waals surface area contributed by atoms with Gasteiger partial charge in [0, 0.05) is 5.56 Å². The van der Waals surface area contributed by atoms with Gasteiger partial charge in [0.15, 0.2) is 11.5 Å². The average molecular weight is 372 g/mol. The van der Waals surface area contributed by atoms with Crippen LogP contribution in [0, 0.1) is 0 Å². The van der Waals surface area contributed by atoms with Crippen molar-refractivity contribution in [1.82, 2.24) is 4.98 Å². The Labute approximate surface area is 156 Å². The molecule has 0 aliphatic heterocycles. The first-order valence-corrected chi connectivity index (χ1v) is 8.68. The molecule has 2 N–H and O–H groups in total. The topological polar surface area (TPSA) is 75.8 Å². The smallest absolute Gasteiger partial charge is 0.203 e. The summed E-state index contributed by atoms with van der Waals surface area (Å²) in [5.41, 5.74) is 11.1. The van der Waals surface area contributed by atoms with Crippen molar-refractivity contribution >= 4 is 17.0 Å². The van der Waals surface area contributed by atoms with Gasteiger partial charge >= 0.3 is 0 Å². The molecule has 0 fully saturated rings. The molecule has 0 radical (unpaired) electrons. The zero-order chi connectivity index (χ0) is 18.7. The number of hydrogen-bond donors (Lipinski definition) is 1. The lowest BCUT2D eigenvalue weighted by molar-refractivity contribution is 0.324. The first-order chi connectivity index (χ1) is 12.6. The molecular formula is C19H20N2O4S. The lowest BCUT2D eigenvalue weighted by Crippen LogP contribution is -1.96. The van der Waals surface area contributed by atoms with Crippen LogP contribution < -0.4 is 24.7 Å². The van der Waals surface area contributed by atoms with Crippen LogP contribution in [0.2, 0.25) is 0 Å². The molecule has 0 unspecified atom stereocenters. The Hall–Kier alpha value is -2.93. The fourth-order valence-corrected chi connectivity index (χ4v) is 3.56. The van der Waals surface area contributed by atoms with Crippen molar-refractivity contribution < 1.29 is 18.9 Å². The highest BCUT2D eigenvalue weighted by Gasteiger charge is 2.18. The number of nitrogens with zero attached hydrogens (tertiary/aromatic N) is 1. The van der Waals surface area contributed by atoms with E-state index in [1.165, 1.54) is 11.3 Å². The SMILES string of the molecule is COc1ccc(-c2scnc2-c2cc(OC)c(OC)c(OC)c2)cc1N. The van der Waals surface area contributed by atoms with Crippen molar-refractivity contribution in [3.8, 4) is 44.7 Å². The van der Waals surface area contributed by atoms with E-state index < -0.39 is 0 Å². The van der Waals surface area contributed by atoms with Crippen molar-refractivity contribution in [2.24, 2.45) is 0 Å². The lowest BCUT2D eigenvalue weighted by atomic mass is 10.0. The minimum Gasteiger partial charge on any atom is -0.495 e. The van der Waals surface area contributed by atoms with Crippen molar-refractivity contribution in [3.05, 3.63) is 35.8 Å². The highest BCUT2D eigenvalue weighted by Crippen LogP contribution is 2.44. The summed E-state index contributed by atoms with van der Waals surface area (Å²) in [6.45, 7) is 0. The van der Waals surface area contributed by atoms with Crippen molar-refractivity contribution in [2.75, 3.05) is 34.2 Å². The Kier molecular flexibility index (Phi) is 5.18. The highest BCUT2D eigenvalue weighted by molar-refractivity contribution is 7.13. The van der Waals surface area contributed by atoms with E-state index >= 15 is 0 Å². The van der Waals surface area contributed by atoms with Gasteiger partial charge in [-0.3, -0.25) is 0 Å². The summed E-state index contributed by atoms with van der Waals surface area (Å²) < 4.78 is 21.5. The number of benzene rings is 2. The monoisotopic (exact) mass is 372 g/mol. The molecule has 136 valence electrons. The summed E-state index contributed by atoms with van der Waals surface area (Å²) in [4.78, 5) is 5.53. The van der Waals surface area contributed by atoms with Gasteiger partial charge in [-0.25, -0.2) is 4.98 Å². The molecule has 6 nitrogen and oxygen atoms in total. The van der Waals surface area contributed by atoms with Gasteiger partial charge in [0.25, 0.3) is 0 Å². The molecule has 0 saturated heterocycles. The predicted molar refractivity (Wildman–Crippen MR) is 104 cm³/mol. The number of methoxy groups -OCH3 is 4. The third kappa shape index (κ3) is 3.13. The Morgan fingerprint density at radius 3 is 2.00 bits per heavy atom. The Bertz CT molecular complexity index is 899. The second-order valence-electron chi connectivity index (χ2n) is 5.40. The minimum absolute atomic E-state index is 0.546.